The molecule has 0 fully saturated rings. The van der Waals surface area contributed by atoms with E-state index < -0.39 is 4.92 Å². The third kappa shape index (κ3) is 4.30. The van der Waals surface area contributed by atoms with Crippen LogP contribution in [0.1, 0.15) is 17.5 Å². The third-order valence-corrected chi connectivity index (χ3v) is 4.38. The van der Waals surface area contributed by atoms with Gasteiger partial charge in [-0.3, -0.25) is 14.9 Å². The molecule has 0 bridgehead atoms. The minimum Gasteiger partial charge on any atom is -0.484 e. The molecule has 0 saturated carbocycles. The first-order valence-corrected chi connectivity index (χ1v) is 8.50. The Labute approximate surface area is 151 Å². The molecule has 3 rings (SSSR count). The van der Waals surface area contributed by atoms with Gasteiger partial charge in [0, 0.05) is 31.9 Å². The number of hydrogen-bond acceptors (Lipinski definition) is 5. The van der Waals surface area contributed by atoms with Gasteiger partial charge >= 0.3 is 0 Å². The minimum absolute atomic E-state index is 0.0677. The molecule has 1 amide bonds. The molecule has 0 radical (unpaired) electrons. The van der Waals surface area contributed by atoms with E-state index in [1.807, 2.05) is 6.07 Å². The highest BCUT2D eigenvalue weighted by Crippen LogP contribution is 2.26. The summed E-state index contributed by atoms with van der Waals surface area (Å²) in [7, 11) is 2.09. The summed E-state index contributed by atoms with van der Waals surface area (Å²) in [6.45, 7) is 1.31. The molecule has 1 aliphatic rings. The van der Waals surface area contributed by atoms with Crippen molar-refractivity contribution in [2.24, 2.45) is 0 Å². The molecule has 0 atom stereocenters. The molecule has 7 nitrogen and oxygen atoms in total. The Kier molecular flexibility index (Phi) is 5.36. The van der Waals surface area contributed by atoms with Crippen molar-refractivity contribution in [1.82, 2.24) is 5.32 Å². The molecule has 7 heteroatoms. The summed E-state index contributed by atoms with van der Waals surface area (Å²) in [5.41, 5.74) is 3.53. The van der Waals surface area contributed by atoms with Crippen LogP contribution in [0.15, 0.2) is 42.5 Å². The van der Waals surface area contributed by atoms with Crippen molar-refractivity contribution in [3.63, 3.8) is 0 Å². The molecular weight excluding hydrogens is 334 g/mol. The lowest BCUT2D eigenvalue weighted by molar-refractivity contribution is -0.384. The maximum atomic E-state index is 12.0. The van der Waals surface area contributed by atoms with Gasteiger partial charge in [0.25, 0.3) is 11.6 Å². The third-order valence-electron chi connectivity index (χ3n) is 4.38. The lowest BCUT2D eigenvalue weighted by Gasteiger charge is -2.27. The van der Waals surface area contributed by atoms with Gasteiger partial charge in [0.1, 0.15) is 5.75 Å². The number of fused-ring (bicyclic) bond motifs is 1. The fourth-order valence-corrected chi connectivity index (χ4v) is 3.04. The van der Waals surface area contributed by atoms with Gasteiger partial charge in [-0.2, -0.15) is 0 Å². The number of carbonyl (C=O) groups excluding carboxylic acids is 1. The van der Waals surface area contributed by atoms with Gasteiger partial charge in [-0.05, 0) is 36.1 Å². The van der Waals surface area contributed by atoms with Crippen molar-refractivity contribution in [2.75, 3.05) is 25.1 Å². The first kappa shape index (κ1) is 17.7. The zero-order valence-electron chi connectivity index (χ0n) is 14.6. The summed E-state index contributed by atoms with van der Waals surface area (Å²) >= 11 is 0. The van der Waals surface area contributed by atoms with E-state index in [1.165, 1.54) is 29.4 Å². The summed E-state index contributed by atoms with van der Waals surface area (Å²) in [5, 5.41) is 13.6. The van der Waals surface area contributed by atoms with Gasteiger partial charge in [-0.1, -0.05) is 18.2 Å². The van der Waals surface area contributed by atoms with Gasteiger partial charge in [-0.25, -0.2) is 0 Å². The zero-order chi connectivity index (χ0) is 18.5. The first-order valence-electron chi connectivity index (χ1n) is 8.50. The lowest BCUT2D eigenvalue weighted by Crippen LogP contribution is -2.29. The number of benzene rings is 2. The van der Waals surface area contributed by atoms with Crippen molar-refractivity contribution in [1.29, 1.82) is 0 Å². The van der Waals surface area contributed by atoms with Crippen molar-refractivity contribution in [2.45, 2.75) is 19.4 Å². The second kappa shape index (κ2) is 7.86. The van der Waals surface area contributed by atoms with Crippen LogP contribution >= 0.6 is 0 Å². The molecular formula is C19H21N3O4. The van der Waals surface area contributed by atoms with E-state index in [-0.39, 0.29) is 18.2 Å². The van der Waals surface area contributed by atoms with Crippen LogP contribution in [-0.2, 0) is 17.8 Å². The Bertz CT molecular complexity index is 822. The number of nitro benzene ring substituents is 1. The molecule has 1 heterocycles. The molecule has 1 aliphatic heterocycles. The van der Waals surface area contributed by atoms with Crippen LogP contribution in [0, 0.1) is 10.1 Å². The number of nitrogens with one attached hydrogen (secondary N) is 1. The predicted octanol–water partition coefficient (Wildman–Crippen LogP) is 2.67. The standard InChI is InChI=1S/C19H21N3O4/c1-21-9-3-4-15-10-14(7-8-18(15)21)12-20-19(23)13-26-17-6-2-5-16(11-17)22(24)25/h2,5-8,10-11H,3-4,9,12-13H2,1H3,(H,20,23). The fraction of sp³-hybridized carbons (Fsp3) is 0.316. The number of rotatable bonds is 6. The number of nitrogens with zero attached hydrogens (tertiary/aromatic N) is 2. The van der Waals surface area contributed by atoms with E-state index in [0.717, 1.165) is 24.9 Å². The highest BCUT2D eigenvalue weighted by Gasteiger charge is 2.14. The highest BCUT2D eigenvalue weighted by molar-refractivity contribution is 5.77. The van der Waals surface area contributed by atoms with E-state index in [9.17, 15) is 14.9 Å². The molecule has 0 aliphatic carbocycles. The van der Waals surface area contributed by atoms with Gasteiger partial charge in [0.2, 0.25) is 0 Å². The van der Waals surface area contributed by atoms with Gasteiger partial charge in [0.15, 0.2) is 6.61 Å². The van der Waals surface area contributed by atoms with E-state index in [1.54, 1.807) is 6.07 Å². The summed E-state index contributed by atoms with van der Waals surface area (Å²) in [4.78, 5) is 24.5. The molecule has 136 valence electrons. The Morgan fingerprint density at radius 3 is 2.96 bits per heavy atom. The topological polar surface area (TPSA) is 84.7 Å². The molecule has 0 saturated heterocycles. The van der Waals surface area contributed by atoms with Gasteiger partial charge in [0.05, 0.1) is 11.0 Å². The van der Waals surface area contributed by atoms with Crippen LogP contribution in [0.5, 0.6) is 5.75 Å². The molecule has 0 unspecified atom stereocenters. The normalized spacial score (nSPS) is 13.0. The summed E-state index contributed by atoms with van der Waals surface area (Å²) in [6, 6.07) is 12.0. The Morgan fingerprint density at radius 2 is 2.15 bits per heavy atom. The second-order valence-corrected chi connectivity index (χ2v) is 6.31. The molecule has 26 heavy (non-hydrogen) atoms. The van der Waals surface area contributed by atoms with E-state index in [4.69, 9.17) is 4.74 Å². The highest BCUT2D eigenvalue weighted by atomic mass is 16.6. The van der Waals surface area contributed by atoms with Gasteiger partial charge in [-0.15, -0.1) is 0 Å². The predicted molar refractivity (Wildman–Crippen MR) is 98.5 cm³/mol. The summed E-state index contributed by atoms with van der Waals surface area (Å²) in [5.74, 6) is 0.0255. The monoisotopic (exact) mass is 355 g/mol. The van der Waals surface area contributed by atoms with Crippen LogP contribution in [-0.4, -0.2) is 31.0 Å². The Morgan fingerprint density at radius 1 is 1.31 bits per heavy atom. The fourth-order valence-electron chi connectivity index (χ4n) is 3.04. The number of carbonyl (C=O) groups is 1. The quantitative estimate of drug-likeness (QED) is 0.636. The largest absolute Gasteiger partial charge is 0.484 e. The number of hydrogen-bond donors (Lipinski definition) is 1. The Balaban J connectivity index is 1.51. The average molecular weight is 355 g/mol. The smallest absolute Gasteiger partial charge is 0.273 e. The van der Waals surface area contributed by atoms with Crippen LogP contribution in [0.25, 0.3) is 0 Å². The number of anilines is 1. The number of ether oxygens (including phenoxy) is 1. The number of non-ortho nitro benzene ring substituents is 1. The van der Waals surface area contributed by atoms with E-state index >= 15 is 0 Å². The first-order chi connectivity index (χ1) is 12.5. The Hall–Kier alpha value is -3.09. The van der Waals surface area contributed by atoms with Crippen LogP contribution in [0.3, 0.4) is 0 Å². The number of nitro groups is 1. The average Bonchev–Trinajstić information content (AvgIpc) is 2.65. The number of amides is 1. The molecule has 1 N–H and O–H groups in total. The van der Waals surface area contributed by atoms with Crippen molar-refractivity contribution in [3.8, 4) is 5.75 Å². The SMILES string of the molecule is CN1CCCc2cc(CNC(=O)COc3cccc([N+](=O)[O-])c3)ccc21. The minimum atomic E-state index is -0.500. The van der Waals surface area contributed by atoms with Crippen molar-refractivity contribution >= 4 is 17.3 Å². The van der Waals surface area contributed by atoms with Crippen molar-refractivity contribution < 1.29 is 14.5 Å². The van der Waals surface area contributed by atoms with Gasteiger partial charge < -0.3 is 15.0 Å². The maximum Gasteiger partial charge on any atom is 0.273 e. The molecule has 2 aromatic rings. The summed E-state index contributed by atoms with van der Waals surface area (Å²) < 4.78 is 5.33. The summed E-state index contributed by atoms with van der Waals surface area (Å²) in [6.07, 6.45) is 2.19. The van der Waals surface area contributed by atoms with Crippen molar-refractivity contribution in [3.05, 3.63) is 63.7 Å². The molecule has 2 aromatic carbocycles. The van der Waals surface area contributed by atoms with Crippen LogP contribution in [0.4, 0.5) is 11.4 Å². The van der Waals surface area contributed by atoms with E-state index in [2.05, 4.69) is 29.4 Å². The lowest BCUT2D eigenvalue weighted by atomic mass is 9.99. The maximum absolute atomic E-state index is 12.0. The second-order valence-electron chi connectivity index (χ2n) is 6.31. The van der Waals surface area contributed by atoms with Crippen LogP contribution in [0.2, 0.25) is 0 Å². The van der Waals surface area contributed by atoms with E-state index in [0.29, 0.717) is 12.3 Å². The zero-order valence-corrected chi connectivity index (χ0v) is 14.6. The van der Waals surface area contributed by atoms with Crippen LogP contribution < -0.4 is 15.0 Å². The number of aryl methyl sites for hydroxylation is 1. The molecule has 0 aromatic heterocycles. The molecule has 0 spiro atoms.